The van der Waals surface area contributed by atoms with Crippen LogP contribution in [-0.4, -0.2) is 11.6 Å². The van der Waals surface area contributed by atoms with Crippen molar-refractivity contribution in [2.45, 2.75) is 38.2 Å². The first-order valence-corrected chi connectivity index (χ1v) is 9.40. The summed E-state index contributed by atoms with van der Waals surface area (Å²) < 4.78 is 26.1. The monoisotopic (exact) mass is 366 g/mol. The number of hydrogen-bond acceptors (Lipinski definition) is 3. The van der Waals surface area contributed by atoms with Gasteiger partial charge in [0.25, 0.3) is 0 Å². The Labute approximate surface area is 158 Å². The zero-order valence-electron chi connectivity index (χ0n) is 15.4. The molecule has 0 saturated heterocycles. The van der Waals surface area contributed by atoms with Crippen molar-refractivity contribution in [1.29, 1.82) is 0 Å². The van der Waals surface area contributed by atoms with Crippen LogP contribution in [0.2, 0.25) is 0 Å². The second-order valence-corrected chi connectivity index (χ2v) is 7.70. The van der Waals surface area contributed by atoms with Crippen molar-refractivity contribution >= 4 is 5.97 Å². The number of ether oxygens (including phenoxy) is 2. The minimum Gasteiger partial charge on any atom is -0.480 e. The number of rotatable bonds is 5. The van der Waals surface area contributed by atoms with E-state index >= 15 is 0 Å². The quantitative estimate of drug-likeness (QED) is 0.395. The van der Waals surface area contributed by atoms with Gasteiger partial charge in [0, 0.05) is 5.92 Å². The van der Waals surface area contributed by atoms with E-state index in [1.54, 1.807) is 24.3 Å². The fraction of sp³-hybridized carbons (Fsp3) is 0.348. The van der Waals surface area contributed by atoms with Crippen molar-refractivity contribution < 1.29 is 18.7 Å². The van der Waals surface area contributed by atoms with Crippen LogP contribution in [0.25, 0.3) is 0 Å². The Bertz CT molecular complexity index is 876. The van der Waals surface area contributed by atoms with E-state index in [4.69, 9.17) is 9.47 Å². The van der Waals surface area contributed by atoms with Crippen LogP contribution >= 0.6 is 0 Å². The minimum absolute atomic E-state index is 0.0908. The van der Waals surface area contributed by atoms with Crippen molar-refractivity contribution in [1.82, 2.24) is 0 Å². The lowest BCUT2D eigenvalue weighted by molar-refractivity contribution is 0.0447. The van der Waals surface area contributed by atoms with Crippen LogP contribution in [0.1, 0.15) is 43.0 Å². The molecule has 27 heavy (non-hydrogen) atoms. The van der Waals surface area contributed by atoms with Crippen LogP contribution in [0.3, 0.4) is 0 Å². The van der Waals surface area contributed by atoms with E-state index < -0.39 is 17.4 Å². The number of carbonyl (C=O) groups is 1. The van der Waals surface area contributed by atoms with Gasteiger partial charge in [-0.3, -0.25) is 0 Å². The third-order valence-corrected chi connectivity index (χ3v) is 5.93. The van der Waals surface area contributed by atoms with E-state index in [-0.39, 0.29) is 11.3 Å². The Kier molecular flexibility index (Phi) is 4.50. The zero-order chi connectivity index (χ0) is 19.0. The molecule has 2 saturated carbocycles. The Morgan fingerprint density at radius 1 is 1.19 bits per heavy atom. The largest absolute Gasteiger partial charge is 0.480 e. The third kappa shape index (κ3) is 3.25. The SMILES string of the molecule is C=C(C)C1(Oc2cc(C(=O)Oc3ccccc3)ccc2F)CC2CCC1C2. The van der Waals surface area contributed by atoms with Gasteiger partial charge in [0.1, 0.15) is 11.4 Å². The van der Waals surface area contributed by atoms with Crippen LogP contribution in [0, 0.1) is 17.7 Å². The van der Waals surface area contributed by atoms with Crippen molar-refractivity contribution in [3.63, 3.8) is 0 Å². The summed E-state index contributed by atoms with van der Waals surface area (Å²) in [5.41, 5.74) is 0.646. The van der Waals surface area contributed by atoms with E-state index in [9.17, 15) is 9.18 Å². The maximum Gasteiger partial charge on any atom is 0.343 e. The number of hydrogen-bond donors (Lipinski definition) is 0. The summed E-state index contributed by atoms with van der Waals surface area (Å²) >= 11 is 0. The van der Waals surface area contributed by atoms with Crippen LogP contribution < -0.4 is 9.47 Å². The van der Waals surface area contributed by atoms with Crippen molar-refractivity contribution in [2.75, 3.05) is 0 Å². The molecule has 0 N–H and O–H groups in total. The average Bonchev–Trinajstić information content (AvgIpc) is 3.26. The second-order valence-electron chi connectivity index (χ2n) is 7.70. The lowest BCUT2D eigenvalue weighted by Crippen LogP contribution is -2.42. The van der Waals surface area contributed by atoms with Gasteiger partial charge in [-0.25, -0.2) is 9.18 Å². The van der Waals surface area contributed by atoms with Gasteiger partial charge in [0.15, 0.2) is 11.6 Å². The Hall–Kier alpha value is -2.62. The zero-order valence-corrected chi connectivity index (χ0v) is 15.4. The van der Waals surface area contributed by atoms with Gasteiger partial charge in [-0.2, -0.15) is 0 Å². The van der Waals surface area contributed by atoms with Crippen LogP contribution in [0.4, 0.5) is 4.39 Å². The number of benzene rings is 2. The topological polar surface area (TPSA) is 35.5 Å². The normalized spacial score (nSPS) is 26.0. The molecule has 0 amide bonds. The number of fused-ring (bicyclic) bond motifs is 2. The molecular weight excluding hydrogens is 343 g/mol. The highest BCUT2D eigenvalue weighted by atomic mass is 19.1. The van der Waals surface area contributed by atoms with Crippen molar-refractivity contribution in [3.8, 4) is 11.5 Å². The van der Waals surface area contributed by atoms with E-state index in [1.165, 1.54) is 24.6 Å². The molecule has 0 aliphatic heterocycles. The molecule has 2 fully saturated rings. The first-order chi connectivity index (χ1) is 13.0. The van der Waals surface area contributed by atoms with Crippen molar-refractivity contribution in [3.05, 3.63) is 72.1 Å². The highest BCUT2D eigenvalue weighted by Gasteiger charge is 2.53. The lowest BCUT2D eigenvalue weighted by Gasteiger charge is -2.39. The first-order valence-electron chi connectivity index (χ1n) is 9.40. The van der Waals surface area contributed by atoms with Gasteiger partial charge >= 0.3 is 5.97 Å². The molecule has 3 nitrogen and oxygen atoms in total. The Balaban J connectivity index is 1.59. The molecule has 2 aliphatic rings. The molecular formula is C23H23FO3. The maximum atomic E-state index is 14.5. The van der Waals surface area contributed by atoms with Crippen molar-refractivity contribution in [2.24, 2.45) is 11.8 Å². The summed E-state index contributed by atoms with van der Waals surface area (Å²) in [7, 11) is 0. The molecule has 0 spiro atoms. The lowest BCUT2D eigenvalue weighted by atomic mass is 9.79. The van der Waals surface area contributed by atoms with Gasteiger partial charge in [-0.05, 0) is 74.4 Å². The molecule has 2 aliphatic carbocycles. The van der Waals surface area contributed by atoms with Gasteiger partial charge in [0.2, 0.25) is 0 Å². The summed E-state index contributed by atoms with van der Waals surface area (Å²) in [5.74, 6) is 0.493. The fourth-order valence-corrected chi connectivity index (χ4v) is 4.57. The smallest absolute Gasteiger partial charge is 0.343 e. The number of halogens is 1. The minimum atomic E-state index is -0.539. The standard InChI is InChI=1S/C23H23FO3/c1-15(2)23(14-16-8-10-18(23)12-16)27-21-13-17(9-11-20(21)24)22(25)26-19-6-4-3-5-7-19/h3-7,9,11,13,16,18H,1,8,10,12,14H2,2H3. The van der Waals surface area contributed by atoms with Crippen LogP contribution in [0.15, 0.2) is 60.7 Å². The predicted octanol–water partition coefficient (Wildman–Crippen LogP) is 5.56. The number of esters is 1. The summed E-state index contributed by atoms with van der Waals surface area (Å²) in [6.45, 7) is 6.08. The highest BCUT2D eigenvalue weighted by molar-refractivity contribution is 5.91. The number of para-hydroxylation sites is 1. The highest BCUT2D eigenvalue weighted by Crippen LogP contribution is 2.55. The molecule has 0 heterocycles. The molecule has 4 heteroatoms. The molecule has 3 atom stereocenters. The molecule has 4 rings (SSSR count). The molecule has 2 aromatic rings. The van der Waals surface area contributed by atoms with E-state index in [0.717, 1.165) is 24.8 Å². The summed E-state index contributed by atoms with van der Waals surface area (Å²) in [6.07, 6.45) is 4.25. The van der Waals surface area contributed by atoms with Gasteiger partial charge in [-0.15, -0.1) is 0 Å². The predicted molar refractivity (Wildman–Crippen MR) is 101 cm³/mol. The van der Waals surface area contributed by atoms with Gasteiger partial charge < -0.3 is 9.47 Å². The van der Waals surface area contributed by atoms with Gasteiger partial charge in [-0.1, -0.05) is 24.8 Å². The number of carbonyl (C=O) groups excluding carboxylic acids is 1. The van der Waals surface area contributed by atoms with E-state index in [1.807, 2.05) is 13.0 Å². The van der Waals surface area contributed by atoms with Crippen LogP contribution in [-0.2, 0) is 0 Å². The van der Waals surface area contributed by atoms with E-state index in [2.05, 4.69) is 6.58 Å². The van der Waals surface area contributed by atoms with Gasteiger partial charge in [0.05, 0.1) is 5.56 Å². The fourth-order valence-electron chi connectivity index (χ4n) is 4.57. The third-order valence-electron chi connectivity index (χ3n) is 5.93. The molecule has 0 radical (unpaired) electrons. The molecule has 2 aromatic carbocycles. The Morgan fingerprint density at radius 2 is 1.96 bits per heavy atom. The Morgan fingerprint density at radius 3 is 2.59 bits per heavy atom. The van der Waals surface area contributed by atoms with Crippen LogP contribution in [0.5, 0.6) is 11.5 Å². The average molecular weight is 366 g/mol. The molecule has 0 aromatic heterocycles. The first kappa shape index (κ1) is 17.8. The molecule has 2 bridgehead atoms. The summed E-state index contributed by atoms with van der Waals surface area (Å²) in [6, 6.07) is 12.9. The second kappa shape index (κ2) is 6.84. The molecule has 140 valence electrons. The summed E-state index contributed by atoms with van der Waals surface area (Å²) in [4.78, 5) is 12.4. The summed E-state index contributed by atoms with van der Waals surface area (Å²) in [5, 5.41) is 0. The maximum absolute atomic E-state index is 14.5. The molecule has 3 unspecified atom stereocenters. The van der Waals surface area contributed by atoms with E-state index in [0.29, 0.717) is 17.6 Å².